The van der Waals surface area contributed by atoms with Crippen LogP contribution >= 0.6 is 0 Å². The van der Waals surface area contributed by atoms with Crippen molar-refractivity contribution in [2.45, 2.75) is 33.3 Å². The topological polar surface area (TPSA) is 32.3 Å². The Labute approximate surface area is 98.7 Å². The van der Waals surface area contributed by atoms with Crippen LogP contribution in [0.3, 0.4) is 0 Å². The van der Waals surface area contributed by atoms with E-state index in [0.717, 1.165) is 5.56 Å². The van der Waals surface area contributed by atoms with Gasteiger partial charge in [0.1, 0.15) is 5.60 Å². The van der Waals surface area contributed by atoms with E-state index in [1.54, 1.807) is 0 Å². The van der Waals surface area contributed by atoms with E-state index in [1.165, 1.54) is 11.1 Å². The minimum absolute atomic E-state index is 0.182. The number of nitrogens with one attached hydrogen (secondary N) is 1. The van der Waals surface area contributed by atoms with Gasteiger partial charge in [-0.2, -0.15) is 0 Å². The van der Waals surface area contributed by atoms with Crippen LogP contribution in [0.2, 0.25) is 0 Å². The van der Waals surface area contributed by atoms with Crippen molar-refractivity contribution in [1.82, 2.24) is 5.32 Å². The number of hydrogen-bond acceptors (Lipinski definition) is 2. The number of aliphatic hydroxyl groups is 1. The van der Waals surface area contributed by atoms with Crippen molar-refractivity contribution >= 4 is 0 Å². The summed E-state index contributed by atoms with van der Waals surface area (Å²) >= 11 is 0. The molecule has 0 aromatic heterocycles. The Hall–Kier alpha value is -0.860. The first-order valence-corrected chi connectivity index (χ1v) is 5.86. The van der Waals surface area contributed by atoms with Crippen LogP contribution in [0.5, 0.6) is 0 Å². The highest BCUT2D eigenvalue weighted by molar-refractivity contribution is 5.33. The Balaban J connectivity index is 3.16. The monoisotopic (exact) mass is 221 g/mol. The third kappa shape index (κ3) is 2.45. The van der Waals surface area contributed by atoms with Crippen molar-refractivity contribution in [2.75, 3.05) is 13.6 Å². The first-order valence-electron chi connectivity index (χ1n) is 5.86. The van der Waals surface area contributed by atoms with Crippen LogP contribution in [0.4, 0.5) is 0 Å². The van der Waals surface area contributed by atoms with E-state index in [0.29, 0.717) is 6.54 Å². The summed E-state index contributed by atoms with van der Waals surface area (Å²) in [7, 11) is 1.87. The molecule has 16 heavy (non-hydrogen) atoms. The van der Waals surface area contributed by atoms with Gasteiger partial charge in [0.25, 0.3) is 0 Å². The van der Waals surface area contributed by atoms with E-state index in [9.17, 15) is 5.11 Å². The third-order valence-electron chi connectivity index (χ3n) is 3.41. The first kappa shape index (κ1) is 13.2. The zero-order chi connectivity index (χ0) is 12.3. The summed E-state index contributed by atoms with van der Waals surface area (Å²) in [6, 6.07) is 6.19. The van der Waals surface area contributed by atoms with E-state index >= 15 is 0 Å². The standard InChI is InChI=1S/C14H23NO/c1-10(2)14(16,9-15-5)13-7-6-11(3)12(4)8-13/h6-8,10,15-16H,9H2,1-5H3. The minimum Gasteiger partial charge on any atom is -0.384 e. The predicted octanol–water partition coefficient (Wildman–Crippen LogP) is 2.37. The summed E-state index contributed by atoms with van der Waals surface area (Å²) in [6.45, 7) is 8.84. The number of hydrogen-bond donors (Lipinski definition) is 2. The average molecular weight is 221 g/mol. The average Bonchev–Trinajstić information content (AvgIpc) is 2.22. The smallest absolute Gasteiger partial charge is 0.104 e. The predicted molar refractivity (Wildman–Crippen MR) is 68.6 cm³/mol. The second kappa shape index (κ2) is 4.98. The lowest BCUT2D eigenvalue weighted by Gasteiger charge is -2.33. The van der Waals surface area contributed by atoms with Gasteiger partial charge in [-0.3, -0.25) is 0 Å². The zero-order valence-corrected chi connectivity index (χ0v) is 11.0. The molecule has 1 aromatic rings. The van der Waals surface area contributed by atoms with Crippen LogP contribution in [-0.4, -0.2) is 18.7 Å². The first-order chi connectivity index (χ1) is 7.41. The molecule has 0 bridgehead atoms. The molecule has 0 saturated heterocycles. The van der Waals surface area contributed by atoms with Crippen LogP contribution in [0.1, 0.15) is 30.5 Å². The Morgan fingerprint density at radius 1 is 1.25 bits per heavy atom. The van der Waals surface area contributed by atoms with Gasteiger partial charge in [0.2, 0.25) is 0 Å². The molecule has 0 fully saturated rings. The Bertz CT molecular complexity index is 360. The molecule has 0 amide bonds. The molecular weight excluding hydrogens is 198 g/mol. The largest absolute Gasteiger partial charge is 0.384 e. The molecule has 0 aliphatic heterocycles. The molecular formula is C14H23NO. The second-order valence-electron chi connectivity index (χ2n) is 4.91. The fraction of sp³-hybridized carbons (Fsp3) is 0.571. The van der Waals surface area contributed by atoms with E-state index in [1.807, 2.05) is 27.0 Å². The molecule has 0 heterocycles. The van der Waals surface area contributed by atoms with E-state index in [4.69, 9.17) is 0 Å². The van der Waals surface area contributed by atoms with Gasteiger partial charge in [-0.25, -0.2) is 0 Å². The quantitative estimate of drug-likeness (QED) is 0.818. The summed E-state index contributed by atoms with van der Waals surface area (Å²) in [5.41, 5.74) is 2.71. The summed E-state index contributed by atoms with van der Waals surface area (Å²) < 4.78 is 0. The van der Waals surface area contributed by atoms with Crippen molar-refractivity contribution in [3.63, 3.8) is 0 Å². The van der Waals surface area contributed by atoms with Crippen LogP contribution in [-0.2, 0) is 5.60 Å². The van der Waals surface area contributed by atoms with Crippen LogP contribution in [0.15, 0.2) is 18.2 Å². The fourth-order valence-corrected chi connectivity index (χ4v) is 1.92. The molecule has 2 nitrogen and oxygen atoms in total. The minimum atomic E-state index is -0.785. The van der Waals surface area contributed by atoms with Crippen LogP contribution < -0.4 is 5.32 Å². The molecule has 0 aliphatic rings. The van der Waals surface area contributed by atoms with Crippen molar-refractivity contribution in [3.05, 3.63) is 34.9 Å². The van der Waals surface area contributed by atoms with Gasteiger partial charge in [0.15, 0.2) is 0 Å². The lowest BCUT2D eigenvalue weighted by molar-refractivity contribution is -0.00762. The normalized spacial score (nSPS) is 15.2. The molecule has 1 unspecified atom stereocenters. The molecule has 0 radical (unpaired) electrons. The van der Waals surface area contributed by atoms with Gasteiger partial charge in [-0.15, -0.1) is 0 Å². The Morgan fingerprint density at radius 2 is 1.88 bits per heavy atom. The van der Waals surface area contributed by atoms with Crippen molar-refractivity contribution in [2.24, 2.45) is 5.92 Å². The van der Waals surface area contributed by atoms with E-state index in [-0.39, 0.29) is 5.92 Å². The van der Waals surface area contributed by atoms with E-state index in [2.05, 4.69) is 31.3 Å². The maximum absolute atomic E-state index is 10.7. The SMILES string of the molecule is CNCC(O)(c1ccc(C)c(C)c1)C(C)C. The van der Waals surface area contributed by atoms with Crippen molar-refractivity contribution < 1.29 is 5.11 Å². The third-order valence-corrected chi connectivity index (χ3v) is 3.41. The molecule has 1 aromatic carbocycles. The fourth-order valence-electron chi connectivity index (χ4n) is 1.92. The molecule has 0 spiro atoms. The number of likely N-dealkylation sites (N-methyl/N-ethyl adjacent to an activating group) is 1. The molecule has 0 saturated carbocycles. The maximum Gasteiger partial charge on any atom is 0.104 e. The van der Waals surface area contributed by atoms with Gasteiger partial charge in [0, 0.05) is 6.54 Å². The van der Waals surface area contributed by atoms with Crippen molar-refractivity contribution in [1.29, 1.82) is 0 Å². The molecule has 1 rings (SSSR count). The summed E-state index contributed by atoms with van der Waals surface area (Å²) in [5, 5.41) is 13.8. The molecule has 90 valence electrons. The highest BCUT2D eigenvalue weighted by atomic mass is 16.3. The van der Waals surface area contributed by atoms with Gasteiger partial charge >= 0.3 is 0 Å². The maximum atomic E-state index is 10.7. The highest BCUT2D eigenvalue weighted by Gasteiger charge is 2.32. The highest BCUT2D eigenvalue weighted by Crippen LogP contribution is 2.30. The Kier molecular flexibility index (Phi) is 4.11. The van der Waals surface area contributed by atoms with Crippen LogP contribution in [0.25, 0.3) is 0 Å². The molecule has 1 atom stereocenters. The van der Waals surface area contributed by atoms with Gasteiger partial charge < -0.3 is 10.4 Å². The Morgan fingerprint density at radius 3 is 2.31 bits per heavy atom. The molecule has 0 aliphatic carbocycles. The van der Waals surface area contributed by atoms with Crippen LogP contribution in [0, 0.1) is 19.8 Å². The number of rotatable bonds is 4. The van der Waals surface area contributed by atoms with Gasteiger partial charge in [0.05, 0.1) is 0 Å². The number of aryl methyl sites for hydroxylation is 2. The van der Waals surface area contributed by atoms with E-state index < -0.39 is 5.60 Å². The second-order valence-corrected chi connectivity index (χ2v) is 4.91. The summed E-state index contributed by atoms with van der Waals surface area (Å²) in [4.78, 5) is 0. The van der Waals surface area contributed by atoms with Gasteiger partial charge in [-0.05, 0) is 43.5 Å². The zero-order valence-electron chi connectivity index (χ0n) is 11.0. The lowest BCUT2D eigenvalue weighted by atomic mass is 9.82. The lowest BCUT2D eigenvalue weighted by Crippen LogP contribution is -2.41. The van der Waals surface area contributed by atoms with Gasteiger partial charge in [-0.1, -0.05) is 32.0 Å². The summed E-state index contributed by atoms with van der Waals surface area (Å²) in [5.74, 6) is 0.182. The number of benzene rings is 1. The molecule has 2 heteroatoms. The summed E-state index contributed by atoms with van der Waals surface area (Å²) in [6.07, 6.45) is 0. The molecule has 2 N–H and O–H groups in total. The van der Waals surface area contributed by atoms with Crippen molar-refractivity contribution in [3.8, 4) is 0 Å².